The molecular weight excluding hydrogens is 353 g/mol. The molecule has 0 spiro atoms. The van der Waals surface area contributed by atoms with Crippen molar-refractivity contribution in [3.63, 3.8) is 0 Å². The lowest BCUT2D eigenvalue weighted by Gasteiger charge is -2.31. The topological polar surface area (TPSA) is 74.8 Å². The Morgan fingerprint density at radius 1 is 1.35 bits per heavy atom. The van der Waals surface area contributed by atoms with Crippen molar-refractivity contribution in [1.82, 2.24) is 15.3 Å². The maximum atomic E-state index is 14.4. The number of rotatable bonds is 5. The first-order chi connectivity index (χ1) is 12.4. The highest BCUT2D eigenvalue weighted by atomic mass is 32.2. The van der Waals surface area contributed by atoms with Crippen molar-refractivity contribution in [3.8, 4) is 0 Å². The van der Waals surface area contributed by atoms with E-state index in [0.717, 1.165) is 12.8 Å². The number of nitrogens with one attached hydrogen (secondary N) is 2. The molecule has 26 heavy (non-hydrogen) atoms. The van der Waals surface area contributed by atoms with Gasteiger partial charge in [-0.25, -0.2) is 9.37 Å². The van der Waals surface area contributed by atoms with Gasteiger partial charge in [-0.3, -0.25) is 9.59 Å². The molecule has 1 heterocycles. The molecule has 5 nitrogen and oxygen atoms in total. The third kappa shape index (κ3) is 3.67. The molecule has 1 fully saturated rings. The van der Waals surface area contributed by atoms with E-state index < -0.39 is 5.54 Å². The molecule has 2 aromatic rings. The molecule has 1 aliphatic carbocycles. The Balaban J connectivity index is 1.85. The van der Waals surface area contributed by atoms with Crippen LogP contribution in [0.4, 0.5) is 4.39 Å². The number of thioether (sulfide) groups is 1. The largest absolute Gasteiger partial charge is 0.346 e. The van der Waals surface area contributed by atoms with Crippen LogP contribution < -0.4 is 10.9 Å². The third-order valence-electron chi connectivity index (χ3n) is 4.96. The molecule has 1 amide bonds. The first-order valence-electron chi connectivity index (χ1n) is 8.65. The van der Waals surface area contributed by atoms with Crippen LogP contribution in [0.2, 0.25) is 0 Å². The molecule has 7 heteroatoms. The molecule has 0 bridgehead atoms. The average Bonchev–Trinajstić information content (AvgIpc) is 3.07. The predicted molar refractivity (Wildman–Crippen MR) is 99.8 cm³/mol. The van der Waals surface area contributed by atoms with E-state index in [2.05, 4.69) is 15.3 Å². The van der Waals surface area contributed by atoms with Crippen LogP contribution in [-0.4, -0.2) is 22.1 Å². The zero-order valence-corrected chi connectivity index (χ0v) is 15.7. The summed E-state index contributed by atoms with van der Waals surface area (Å²) in [5.41, 5.74) is 0.410. The first-order valence-corrected chi connectivity index (χ1v) is 9.87. The third-order valence-corrected chi connectivity index (χ3v) is 5.54. The van der Waals surface area contributed by atoms with Crippen LogP contribution in [0.15, 0.2) is 34.2 Å². The van der Waals surface area contributed by atoms with Crippen LogP contribution in [0.5, 0.6) is 0 Å². The summed E-state index contributed by atoms with van der Waals surface area (Å²) < 4.78 is 14.4. The Bertz CT molecular complexity index is 875. The lowest BCUT2D eigenvalue weighted by atomic mass is 9.87. The summed E-state index contributed by atoms with van der Waals surface area (Å²) >= 11 is 1.34. The van der Waals surface area contributed by atoms with Crippen molar-refractivity contribution >= 4 is 17.7 Å². The second-order valence-corrected chi connectivity index (χ2v) is 7.43. The van der Waals surface area contributed by atoms with Crippen molar-refractivity contribution in [2.45, 2.75) is 49.7 Å². The minimum atomic E-state index is -0.699. The Morgan fingerprint density at radius 3 is 2.65 bits per heavy atom. The summed E-state index contributed by atoms with van der Waals surface area (Å²) in [6, 6.07) is 6.57. The smallest absolute Gasteiger partial charge is 0.255 e. The summed E-state index contributed by atoms with van der Waals surface area (Å²) in [7, 11) is 0. The molecule has 1 aromatic heterocycles. The van der Waals surface area contributed by atoms with Crippen LogP contribution >= 0.6 is 11.8 Å². The minimum absolute atomic E-state index is 0.0704. The maximum Gasteiger partial charge on any atom is 0.255 e. The highest BCUT2D eigenvalue weighted by molar-refractivity contribution is 7.98. The van der Waals surface area contributed by atoms with Crippen LogP contribution in [0.3, 0.4) is 0 Å². The number of benzene rings is 1. The zero-order valence-electron chi connectivity index (χ0n) is 14.9. The van der Waals surface area contributed by atoms with Crippen LogP contribution in [-0.2, 0) is 16.8 Å². The van der Waals surface area contributed by atoms with Gasteiger partial charge in [0.05, 0.1) is 12.0 Å². The molecule has 3 rings (SSSR count). The van der Waals surface area contributed by atoms with Gasteiger partial charge in [0.1, 0.15) is 5.82 Å². The number of aromatic nitrogens is 2. The number of amides is 1. The van der Waals surface area contributed by atoms with Gasteiger partial charge >= 0.3 is 0 Å². The molecule has 1 aromatic carbocycles. The fourth-order valence-electron chi connectivity index (χ4n) is 3.65. The molecule has 0 saturated heterocycles. The van der Waals surface area contributed by atoms with Gasteiger partial charge in [0.2, 0.25) is 5.91 Å². The fourth-order valence-corrected chi connectivity index (χ4v) is 4.07. The number of hydrogen-bond acceptors (Lipinski definition) is 4. The van der Waals surface area contributed by atoms with E-state index in [-0.39, 0.29) is 23.7 Å². The van der Waals surface area contributed by atoms with E-state index in [1.807, 2.05) is 6.26 Å². The van der Waals surface area contributed by atoms with E-state index in [0.29, 0.717) is 34.8 Å². The molecule has 2 N–H and O–H groups in total. The van der Waals surface area contributed by atoms with Gasteiger partial charge in [-0.05, 0) is 32.1 Å². The number of aryl methyl sites for hydroxylation is 1. The van der Waals surface area contributed by atoms with Gasteiger partial charge in [-0.1, -0.05) is 42.8 Å². The zero-order chi connectivity index (χ0) is 18.7. The Hall–Kier alpha value is -2.15. The quantitative estimate of drug-likeness (QED) is 0.622. The lowest BCUT2D eigenvalue weighted by molar-refractivity contribution is -0.122. The van der Waals surface area contributed by atoms with Gasteiger partial charge in [-0.2, -0.15) is 0 Å². The molecule has 0 radical (unpaired) electrons. The Labute approximate surface area is 155 Å². The summed E-state index contributed by atoms with van der Waals surface area (Å²) in [4.78, 5) is 31.9. The average molecular weight is 375 g/mol. The monoisotopic (exact) mass is 375 g/mol. The molecule has 1 aliphatic rings. The van der Waals surface area contributed by atoms with Crippen molar-refractivity contribution in [2.75, 3.05) is 6.26 Å². The van der Waals surface area contributed by atoms with Crippen LogP contribution in [0, 0.1) is 12.7 Å². The predicted octanol–water partition coefficient (Wildman–Crippen LogP) is 3.07. The second kappa shape index (κ2) is 7.61. The number of hydrogen-bond donors (Lipinski definition) is 2. The number of nitrogens with zero attached hydrogens (tertiary/aromatic N) is 1. The lowest BCUT2D eigenvalue weighted by Crippen LogP contribution is -2.45. The van der Waals surface area contributed by atoms with Gasteiger partial charge in [-0.15, -0.1) is 0 Å². The van der Waals surface area contributed by atoms with E-state index >= 15 is 0 Å². The van der Waals surface area contributed by atoms with Gasteiger partial charge in [0, 0.05) is 16.8 Å². The van der Waals surface area contributed by atoms with Crippen molar-refractivity contribution in [2.24, 2.45) is 0 Å². The Morgan fingerprint density at radius 2 is 2.04 bits per heavy atom. The summed E-state index contributed by atoms with van der Waals surface area (Å²) in [6.07, 6.45) is 5.00. The SMILES string of the molecule is CSc1nc(C)c(CC(=O)NC2(c3ccccc3F)CCCC2)c(=O)[nH]1. The molecule has 0 aliphatic heterocycles. The first kappa shape index (κ1) is 18.6. The van der Waals surface area contributed by atoms with E-state index in [1.54, 1.807) is 25.1 Å². The van der Waals surface area contributed by atoms with Crippen LogP contribution in [0.1, 0.15) is 42.5 Å². The van der Waals surface area contributed by atoms with Crippen molar-refractivity contribution in [1.29, 1.82) is 0 Å². The number of H-pyrrole nitrogens is 1. The van der Waals surface area contributed by atoms with Crippen molar-refractivity contribution in [3.05, 3.63) is 57.3 Å². The van der Waals surface area contributed by atoms with E-state index in [1.165, 1.54) is 17.8 Å². The van der Waals surface area contributed by atoms with Crippen molar-refractivity contribution < 1.29 is 9.18 Å². The molecule has 1 saturated carbocycles. The van der Waals surface area contributed by atoms with Gasteiger partial charge in [0.15, 0.2) is 5.16 Å². The summed E-state index contributed by atoms with van der Waals surface area (Å²) in [6.45, 7) is 1.72. The number of aromatic amines is 1. The van der Waals surface area contributed by atoms with Gasteiger partial charge < -0.3 is 10.3 Å². The highest BCUT2D eigenvalue weighted by Gasteiger charge is 2.39. The fraction of sp³-hybridized carbons (Fsp3) is 0.421. The standard InChI is InChI=1S/C19H22FN3O2S/c1-12-13(17(25)22-18(21-12)26-2)11-16(24)23-19(9-5-6-10-19)14-7-3-4-8-15(14)20/h3-4,7-8H,5-6,9-11H2,1-2H3,(H,23,24)(H,21,22,25). The number of carbonyl (C=O) groups excluding carboxylic acids is 1. The Kier molecular flexibility index (Phi) is 5.46. The van der Waals surface area contributed by atoms with Gasteiger partial charge in [0.25, 0.3) is 5.56 Å². The van der Waals surface area contributed by atoms with Crippen LogP contribution in [0.25, 0.3) is 0 Å². The summed E-state index contributed by atoms with van der Waals surface area (Å²) in [5.74, 6) is -0.600. The second-order valence-electron chi connectivity index (χ2n) is 6.63. The molecule has 138 valence electrons. The number of carbonyl (C=O) groups is 1. The molecule has 0 atom stereocenters. The van der Waals surface area contributed by atoms with E-state index in [9.17, 15) is 14.0 Å². The highest BCUT2D eigenvalue weighted by Crippen LogP contribution is 2.39. The normalized spacial score (nSPS) is 15.8. The number of halogens is 1. The van der Waals surface area contributed by atoms with E-state index in [4.69, 9.17) is 0 Å². The maximum absolute atomic E-state index is 14.4. The minimum Gasteiger partial charge on any atom is -0.346 e. The summed E-state index contributed by atoms with van der Waals surface area (Å²) in [5, 5.41) is 3.54. The molecule has 0 unspecified atom stereocenters. The molecular formula is C19H22FN3O2S.